The Labute approximate surface area is 291 Å². The summed E-state index contributed by atoms with van der Waals surface area (Å²) in [7, 11) is 0. The number of ether oxygens (including phenoxy) is 2. The number of pyridine rings is 1. The first-order valence-corrected chi connectivity index (χ1v) is 15.3. The Morgan fingerprint density at radius 2 is 1.65 bits per heavy atom. The highest BCUT2D eigenvalue weighted by molar-refractivity contribution is 5.93. The van der Waals surface area contributed by atoms with Crippen LogP contribution in [0.5, 0.6) is 5.88 Å². The number of hydrogen-bond donors (Lipinski definition) is 3. The second kappa shape index (κ2) is 16.2. The van der Waals surface area contributed by atoms with Crippen LogP contribution in [0.3, 0.4) is 0 Å². The summed E-state index contributed by atoms with van der Waals surface area (Å²) in [6.07, 6.45) is -2.90. The topological polar surface area (TPSA) is 197 Å². The molecule has 0 saturated carbocycles. The Morgan fingerprint density at radius 3 is 2.31 bits per heavy atom. The molecular weight excluding hydrogens is 691 g/mol. The molecule has 5 rings (SSSR count). The minimum atomic E-state index is -4.85. The van der Waals surface area contributed by atoms with Crippen molar-refractivity contribution in [2.45, 2.75) is 31.8 Å². The molecule has 18 heteroatoms. The van der Waals surface area contributed by atoms with Gasteiger partial charge in [-0.2, -0.15) is 18.3 Å². The molecule has 0 fully saturated rings. The summed E-state index contributed by atoms with van der Waals surface area (Å²) in [6, 6.07) is 18.3. The van der Waals surface area contributed by atoms with Gasteiger partial charge in [-0.1, -0.05) is 48.5 Å². The van der Waals surface area contributed by atoms with Crippen LogP contribution in [0.1, 0.15) is 17.7 Å². The minimum Gasteiger partial charge on any atom is -0.481 e. The first kappa shape index (κ1) is 36.4. The average molecular weight is 720 g/mol. The second-order valence-corrected chi connectivity index (χ2v) is 10.9. The fourth-order valence-electron chi connectivity index (χ4n) is 4.73. The van der Waals surface area contributed by atoms with Gasteiger partial charge < -0.3 is 19.9 Å². The van der Waals surface area contributed by atoms with Gasteiger partial charge in [-0.25, -0.2) is 14.5 Å². The third kappa shape index (κ3) is 9.43. The van der Waals surface area contributed by atoms with Gasteiger partial charge in [0.25, 0.3) is 5.56 Å². The molecule has 3 heterocycles. The van der Waals surface area contributed by atoms with Crippen LogP contribution in [0, 0.1) is 0 Å². The van der Waals surface area contributed by atoms with Crippen LogP contribution < -0.4 is 20.9 Å². The van der Waals surface area contributed by atoms with Crippen molar-refractivity contribution in [3.63, 3.8) is 0 Å². The summed E-state index contributed by atoms with van der Waals surface area (Å²) in [5.41, 5.74) is -1.41. The number of anilines is 1. The summed E-state index contributed by atoms with van der Waals surface area (Å²) in [5.74, 6) is -4.07. The highest BCUT2D eigenvalue weighted by Gasteiger charge is 2.36. The third-order valence-corrected chi connectivity index (χ3v) is 7.15. The number of aromatic nitrogens is 5. The lowest BCUT2D eigenvalue weighted by atomic mass is 10.1. The molecule has 0 aliphatic heterocycles. The minimum absolute atomic E-state index is 0.0597. The largest absolute Gasteiger partial charge is 0.481 e. The van der Waals surface area contributed by atoms with Gasteiger partial charge in [-0.15, -0.1) is 0 Å². The first-order chi connectivity index (χ1) is 24.9. The summed E-state index contributed by atoms with van der Waals surface area (Å²) >= 11 is 0. The van der Waals surface area contributed by atoms with Crippen molar-refractivity contribution in [1.29, 1.82) is 0 Å². The van der Waals surface area contributed by atoms with E-state index in [1.807, 2.05) is 0 Å². The van der Waals surface area contributed by atoms with Gasteiger partial charge in [-0.05, 0) is 29.8 Å². The molecule has 0 saturated heterocycles. The van der Waals surface area contributed by atoms with Gasteiger partial charge in [0.15, 0.2) is 18.1 Å². The maximum Gasteiger partial charge on any atom is 0.435 e. The number of halogens is 3. The average Bonchev–Trinajstić information content (AvgIpc) is 3.57. The Bertz CT molecular complexity index is 2110. The van der Waals surface area contributed by atoms with Crippen molar-refractivity contribution >= 4 is 29.4 Å². The van der Waals surface area contributed by atoms with E-state index in [0.29, 0.717) is 17.2 Å². The van der Waals surface area contributed by atoms with Crippen LogP contribution in [0.25, 0.3) is 17.1 Å². The monoisotopic (exact) mass is 719 g/mol. The van der Waals surface area contributed by atoms with E-state index in [2.05, 4.69) is 25.7 Å². The van der Waals surface area contributed by atoms with Crippen LogP contribution in [-0.2, 0) is 38.4 Å². The number of nitrogens with zero attached hydrogens (tertiary/aromatic N) is 5. The van der Waals surface area contributed by atoms with Gasteiger partial charge in [0, 0.05) is 24.0 Å². The smallest absolute Gasteiger partial charge is 0.435 e. The molecule has 1 atom stereocenters. The highest BCUT2D eigenvalue weighted by Crippen LogP contribution is 2.32. The zero-order valence-electron chi connectivity index (χ0n) is 26.8. The molecule has 268 valence electrons. The Balaban J connectivity index is 1.34. The maximum absolute atomic E-state index is 13.6. The van der Waals surface area contributed by atoms with Crippen LogP contribution in [0.2, 0.25) is 0 Å². The molecule has 1 unspecified atom stereocenters. The van der Waals surface area contributed by atoms with E-state index in [0.717, 1.165) is 15.4 Å². The maximum atomic E-state index is 13.6. The molecule has 3 aromatic heterocycles. The normalized spacial score (nSPS) is 11.7. The molecule has 0 aliphatic carbocycles. The summed E-state index contributed by atoms with van der Waals surface area (Å²) < 4.78 is 52.6. The number of carbonyl (C=O) groups excluding carboxylic acids is 3. The van der Waals surface area contributed by atoms with Crippen molar-refractivity contribution in [1.82, 2.24) is 29.6 Å². The lowest BCUT2D eigenvalue weighted by molar-refractivity contribution is -0.141. The molecular formula is C34H28F3N7O8. The predicted molar refractivity (Wildman–Crippen MR) is 175 cm³/mol. The lowest BCUT2D eigenvalue weighted by Gasteiger charge is -2.18. The standard InChI is InChI=1S/C34H28F3N7O8/c35-34(36,37)27-15-29(44(42-27)23-11-5-2-6-12-23)51-20-26(45)24(14-30(47)48)40-28(46)18-43-31(22-10-7-13-38-16-22)39-17-25(32(43)49)41-33(50)52-19-21-8-3-1-4-9-21/h1-13,15-17,24H,14,18-20H2,(H,40,46)(H,41,50)(H,47,48). The Morgan fingerprint density at radius 1 is 0.942 bits per heavy atom. The van der Waals surface area contributed by atoms with Crippen molar-refractivity contribution in [2.24, 2.45) is 0 Å². The molecule has 0 radical (unpaired) electrons. The second-order valence-electron chi connectivity index (χ2n) is 10.9. The van der Waals surface area contributed by atoms with Crippen LogP contribution in [0.15, 0.2) is 102 Å². The van der Waals surface area contributed by atoms with Crippen molar-refractivity contribution < 1.29 is 46.9 Å². The molecule has 0 bridgehead atoms. The fraction of sp³-hybridized carbons (Fsp3) is 0.176. The SMILES string of the molecule is O=C(O)CC(NC(=O)Cn1c(-c2cccnc2)ncc(NC(=O)OCc2ccccc2)c1=O)C(=O)COc1cc(C(F)(F)F)nn1-c1ccccc1. The van der Waals surface area contributed by atoms with Crippen LogP contribution in [-0.4, -0.2) is 65.8 Å². The number of carbonyl (C=O) groups is 4. The number of hydrogen-bond acceptors (Lipinski definition) is 10. The quantitative estimate of drug-likeness (QED) is 0.151. The number of ketones is 1. The lowest BCUT2D eigenvalue weighted by Crippen LogP contribution is -2.46. The molecule has 3 N–H and O–H groups in total. The van der Waals surface area contributed by atoms with Gasteiger partial charge in [0.2, 0.25) is 11.8 Å². The number of Topliss-reactive ketones (excluding diaryl/α,β-unsaturated/α-hetero) is 1. The summed E-state index contributed by atoms with van der Waals surface area (Å²) in [5, 5.41) is 17.5. The Hall–Kier alpha value is -6.85. The number of carboxylic acids is 1. The number of amides is 2. The zero-order chi connectivity index (χ0) is 37.3. The molecule has 2 aromatic carbocycles. The first-order valence-electron chi connectivity index (χ1n) is 15.3. The van der Waals surface area contributed by atoms with Gasteiger partial charge in [-0.3, -0.25) is 34.0 Å². The number of rotatable bonds is 14. The zero-order valence-corrected chi connectivity index (χ0v) is 26.8. The van der Waals surface area contributed by atoms with Crippen molar-refractivity contribution in [3.05, 3.63) is 119 Å². The van der Waals surface area contributed by atoms with Gasteiger partial charge in [0.1, 0.15) is 30.7 Å². The molecule has 52 heavy (non-hydrogen) atoms. The summed E-state index contributed by atoms with van der Waals surface area (Å²) in [4.78, 5) is 72.4. The van der Waals surface area contributed by atoms with E-state index in [9.17, 15) is 42.3 Å². The van der Waals surface area contributed by atoms with E-state index in [4.69, 9.17) is 9.47 Å². The van der Waals surface area contributed by atoms with E-state index < -0.39 is 72.7 Å². The molecule has 5 aromatic rings. The number of benzene rings is 2. The van der Waals surface area contributed by atoms with E-state index in [-0.39, 0.29) is 23.8 Å². The predicted octanol–water partition coefficient (Wildman–Crippen LogP) is 3.87. The van der Waals surface area contributed by atoms with E-state index in [1.54, 1.807) is 60.7 Å². The molecule has 0 spiro atoms. The Kier molecular flexibility index (Phi) is 11.4. The van der Waals surface area contributed by atoms with E-state index >= 15 is 0 Å². The highest BCUT2D eigenvalue weighted by atomic mass is 19.4. The van der Waals surface area contributed by atoms with Gasteiger partial charge >= 0.3 is 18.2 Å². The van der Waals surface area contributed by atoms with Crippen LogP contribution in [0.4, 0.5) is 23.7 Å². The van der Waals surface area contributed by atoms with Gasteiger partial charge in [0.05, 0.1) is 18.3 Å². The number of aliphatic carboxylic acids is 1. The van der Waals surface area contributed by atoms with Crippen molar-refractivity contribution in [2.75, 3.05) is 11.9 Å². The molecule has 15 nitrogen and oxygen atoms in total. The number of alkyl halides is 3. The fourth-order valence-corrected chi connectivity index (χ4v) is 4.73. The van der Waals surface area contributed by atoms with E-state index in [1.165, 1.54) is 24.5 Å². The number of nitrogens with one attached hydrogen (secondary N) is 2. The molecule has 0 aliphatic rings. The molecule has 2 amide bonds. The van der Waals surface area contributed by atoms with Crippen molar-refractivity contribution in [3.8, 4) is 23.0 Å². The number of carboxylic acid groups (broad SMARTS) is 1. The summed E-state index contributed by atoms with van der Waals surface area (Å²) in [6.45, 7) is -1.88. The number of para-hydroxylation sites is 1. The van der Waals surface area contributed by atoms with Crippen LogP contribution >= 0.6 is 0 Å². The third-order valence-electron chi connectivity index (χ3n) is 7.15.